The summed E-state index contributed by atoms with van der Waals surface area (Å²) in [5.74, 6) is -4.45. The monoisotopic (exact) mass is 486 g/mol. The van der Waals surface area contributed by atoms with Gasteiger partial charge in [0.2, 0.25) is 9.84 Å². The molecule has 1 aliphatic carbocycles. The second-order valence-electron chi connectivity index (χ2n) is 8.07. The summed E-state index contributed by atoms with van der Waals surface area (Å²) in [6, 6.07) is 6.97. The summed E-state index contributed by atoms with van der Waals surface area (Å²) in [6.07, 6.45) is 0.462. The summed E-state index contributed by atoms with van der Waals surface area (Å²) in [5, 5.41) is 7.53. The molecular weight excluding hydrogens is 466 g/mol. The number of carbonyl (C=O) groups is 2. The Morgan fingerprint density at radius 3 is 2.53 bits per heavy atom. The summed E-state index contributed by atoms with van der Waals surface area (Å²) >= 11 is 5.86. The molecule has 0 bridgehead atoms. The first kappa shape index (κ1) is 22.7. The summed E-state index contributed by atoms with van der Waals surface area (Å²) in [7, 11) is -3.13. The zero-order chi connectivity index (χ0) is 23.3. The molecule has 1 aliphatic heterocycles. The highest BCUT2D eigenvalue weighted by atomic mass is 35.5. The molecule has 4 rings (SSSR count). The summed E-state index contributed by atoms with van der Waals surface area (Å²) in [6.45, 7) is 0.0755. The molecule has 2 amide bonds. The molecule has 0 unspecified atom stereocenters. The van der Waals surface area contributed by atoms with Crippen LogP contribution in [0.3, 0.4) is 0 Å². The third-order valence-electron chi connectivity index (χ3n) is 5.97. The second-order valence-corrected chi connectivity index (χ2v) is 10.8. The van der Waals surface area contributed by atoms with E-state index in [1.54, 1.807) is 24.3 Å². The van der Waals surface area contributed by atoms with Crippen molar-refractivity contribution in [2.45, 2.75) is 36.3 Å². The fraction of sp³-hybridized carbons (Fsp3) is 0.450. The van der Waals surface area contributed by atoms with Crippen LogP contribution in [-0.2, 0) is 29.9 Å². The number of sulfone groups is 1. The lowest BCUT2D eigenvalue weighted by Crippen LogP contribution is -2.47. The fourth-order valence-electron chi connectivity index (χ4n) is 3.98. The number of nitrogens with zero attached hydrogens (tertiary/aromatic N) is 3. The quantitative estimate of drug-likeness (QED) is 0.646. The van der Waals surface area contributed by atoms with Gasteiger partial charge in [0.15, 0.2) is 5.69 Å². The van der Waals surface area contributed by atoms with Crippen LogP contribution in [0, 0.1) is 0 Å². The average molecular weight is 487 g/mol. The normalized spacial score (nSPS) is 17.4. The molecule has 172 valence electrons. The highest BCUT2D eigenvalue weighted by Gasteiger charge is 2.59. The Morgan fingerprint density at radius 1 is 1.28 bits per heavy atom. The van der Waals surface area contributed by atoms with E-state index in [1.807, 2.05) is 0 Å². The van der Waals surface area contributed by atoms with Crippen LogP contribution in [0.5, 0.6) is 0 Å². The lowest BCUT2D eigenvalue weighted by atomic mass is 10.0. The Labute approximate surface area is 188 Å². The minimum atomic E-state index is -4.64. The Balaban J connectivity index is 1.50. The number of fused-ring (bicyclic) bond motifs is 1. The van der Waals surface area contributed by atoms with E-state index < -0.39 is 32.2 Å². The number of nitrogens with one attached hydrogen (secondary N) is 1. The van der Waals surface area contributed by atoms with Crippen LogP contribution in [0.2, 0.25) is 5.02 Å². The molecule has 1 aromatic carbocycles. The van der Waals surface area contributed by atoms with Crippen molar-refractivity contribution in [2.24, 2.45) is 7.05 Å². The van der Waals surface area contributed by atoms with Crippen LogP contribution in [0.15, 0.2) is 24.3 Å². The van der Waals surface area contributed by atoms with Gasteiger partial charge in [-0.3, -0.25) is 14.3 Å². The lowest BCUT2D eigenvalue weighted by Gasteiger charge is -2.30. The molecule has 0 saturated heterocycles. The minimum absolute atomic E-state index is 0.0973. The molecule has 2 aromatic rings. The van der Waals surface area contributed by atoms with E-state index in [-0.39, 0.29) is 50.3 Å². The Hall–Kier alpha value is -2.53. The standard InChI is InChI=1S/C20H21ClF2N4O4S/c1-26-16-14(15(25-26)17(28)24-10-12-2-4-13(21)5-3-12)6-9-27(18(16)29)11-20(7-8-20)32(30,31)19(22)23/h2-5,19H,6-11H2,1H3,(H,24,28). The third-order valence-corrected chi connectivity index (χ3v) is 8.44. The molecule has 1 aromatic heterocycles. The van der Waals surface area contributed by atoms with Crippen molar-refractivity contribution in [1.29, 1.82) is 0 Å². The molecule has 0 spiro atoms. The van der Waals surface area contributed by atoms with Crippen molar-refractivity contribution in [3.63, 3.8) is 0 Å². The van der Waals surface area contributed by atoms with E-state index in [1.165, 1.54) is 16.6 Å². The molecular formula is C20H21ClF2N4O4S. The zero-order valence-electron chi connectivity index (χ0n) is 17.1. The van der Waals surface area contributed by atoms with Crippen molar-refractivity contribution in [3.8, 4) is 0 Å². The topological polar surface area (TPSA) is 101 Å². The van der Waals surface area contributed by atoms with E-state index in [0.717, 1.165) is 5.56 Å². The molecule has 32 heavy (non-hydrogen) atoms. The molecule has 2 heterocycles. The number of amides is 2. The van der Waals surface area contributed by atoms with Crippen LogP contribution >= 0.6 is 11.6 Å². The summed E-state index contributed by atoms with van der Waals surface area (Å²) < 4.78 is 49.9. The van der Waals surface area contributed by atoms with Crippen molar-refractivity contribution in [2.75, 3.05) is 13.1 Å². The highest BCUT2D eigenvalue weighted by molar-refractivity contribution is 7.93. The SMILES string of the molecule is Cn1nc(C(=O)NCc2ccc(Cl)cc2)c2c1C(=O)N(CC1(S(=O)(=O)C(F)F)CC1)CC2. The van der Waals surface area contributed by atoms with Crippen molar-refractivity contribution >= 4 is 33.3 Å². The maximum absolute atomic E-state index is 13.1. The number of rotatable bonds is 7. The number of benzene rings is 1. The first-order valence-corrected chi connectivity index (χ1v) is 11.9. The number of halogens is 3. The molecule has 2 aliphatic rings. The smallest absolute Gasteiger partial charge is 0.337 e. The average Bonchev–Trinajstić information content (AvgIpc) is 3.46. The predicted molar refractivity (Wildman–Crippen MR) is 112 cm³/mol. The first-order chi connectivity index (χ1) is 15.1. The molecule has 1 N–H and O–H groups in total. The summed E-state index contributed by atoms with van der Waals surface area (Å²) in [4.78, 5) is 27.0. The van der Waals surface area contributed by atoms with E-state index in [9.17, 15) is 26.8 Å². The van der Waals surface area contributed by atoms with E-state index in [4.69, 9.17) is 11.6 Å². The van der Waals surface area contributed by atoms with Gasteiger partial charge in [0.25, 0.3) is 11.8 Å². The Bertz CT molecular complexity index is 1180. The highest BCUT2D eigenvalue weighted by Crippen LogP contribution is 2.47. The van der Waals surface area contributed by atoms with Gasteiger partial charge < -0.3 is 10.2 Å². The van der Waals surface area contributed by atoms with Crippen LogP contribution < -0.4 is 5.32 Å². The van der Waals surface area contributed by atoms with E-state index in [2.05, 4.69) is 10.4 Å². The number of aryl methyl sites for hydroxylation is 1. The van der Waals surface area contributed by atoms with Crippen molar-refractivity contribution in [1.82, 2.24) is 20.0 Å². The van der Waals surface area contributed by atoms with Crippen molar-refractivity contribution < 1.29 is 26.8 Å². The molecule has 0 atom stereocenters. The van der Waals surface area contributed by atoms with Gasteiger partial charge in [0, 0.05) is 37.3 Å². The molecule has 1 saturated carbocycles. The molecule has 0 radical (unpaired) electrons. The maximum Gasteiger partial charge on any atom is 0.337 e. The van der Waals surface area contributed by atoms with Gasteiger partial charge in [-0.2, -0.15) is 13.9 Å². The van der Waals surface area contributed by atoms with Crippen LogP contribution in [-0.4, -0.2) is 58.5 Å². The van der Waals surface area contributed by atoms with E-state index in [0.29, 0.717) is 10.6 Å². The minimum Gasteiger partial charge on any atom is -0.347 e. The Morgan fingerprint density at radius 2 is 1.94 bits per heavy atom. The Kier molecular flexibility index (Phi) is 5.74. The van der Waals surface area contributed by atoms with Crippen molar-refractivity contribution in [3.05, 3.63) is 51.8 Å². The van der Waals surface area contributed by atoms with Crippen LogP contribution in [0.1, 0.15) is 44.9 Å². The first-order valence-electron chi connectivity index (χ1n) is 9.95. The maximum atomic E-state index is 13.1. The van der Waals surface area contributed by atoms with E-state index >= 15 is 0 Å². The van der Waals surface area contributed by atoms with Gasteiger partial charge in [0.1, 0.15) is 5.69 Å². The number of carbonyl (C=O) groups excluding carboxylic acids is 2. The lowest BCUT2D eigenvalue weighted by molar-refractivity contribution is 0.0723. The van der Waals surface area contributed by atoms with Gasteiger partial charge >= 0.3 is 5.76 Å². The fourth-order valence-corrected chi connectivity index (χ4v) is 5.49. The van der Waals surface area contributed by atoms with Crippen LogP contribution in [0.4, 0.5) is 8.78 Å². The van der Waals surface area contributed by atoms with Crippen LogP contribution in [0.25, 0.3) is 0 Å². The molecule has 8 nitrogen and oxygen atoms in total. The van der Waals surface area contributed by atoms with Gasteiger partial charge in [-0.05, 0) is 37.0 Å². The molecule has 1 fully saturated rings. The predicted octanol–water partition coefficient (Wildman–Crippen LogP) is 2.17. The zero-order valence-corrected chi connectivity index (χ0v) is 18.7. The van der Waals surface area contributed by atoms with Gasteiger partial charge in [-0.25, -0.2) is 8.42 Å². The number of aromatic nitrogens is 2. The van der Waals surface area contributed by atoms with Gasteiger partial charge in [0.05, 0.1) is 4.75 Å². The van der Waals surface area contributed by atoms with Gasteiger partial charge in [-0.15, -0.1) is 0 Å². The summed E-state index contributed by atoms with van der Waals surface area (Å²) in [5.41, 5.74) is 1.58. The molecule has 12 heteroatoms. The van der Waals surface area contributed by atoms with Gasteiger partial charge in [-0.1, -0.05) is 23.7 Å². The number of alkyl halides is 2. The largest absolute Gasteiger partial charge is 0.347 e. The number of hydrogen-bond acceptors (Lipinski definition) is 5. The number of hydrogen-bond donors (Lipinski definition) is 1. The second kappa shape index (κ2) is 8.11. The third kappa shape index (κ3) is 3.88.